The third kappa shape index (κ3) is 4.20. The van der Waals surface area contributed by atoms with Crippen LogP contribution in [0.2, 0.25) is 0 Å². The van der Waals surface area contributed by atoms with Crippen LogP contribution in [-0.2, 0) is 4.79 Å². The molecule has 1 aliphatic rings. The first-order valence-electron chi connectivity index (χ1n) is 7.00. The number of hydrogen-bond donors (Lipinski definition) is 0. The van der Waals surface area contributed by atoms with Gasteiger partial charge in [0.15, 0.2) is 0 Å². The van der Waals surface area contributed by atoms with E-state index in [4.69, 9.17) is 0 Å². The second kappa shape index (κ2) is 6.47. The van der Waals surface area contributed by atoms with E-state index in [0.717, 1.165) is 24.3 Å². The Balaban J connectivity index is 2.18. The lowest BCUT2D eigenvalue weighted by molar-refractivity contribution is -0.170. The van der Waals surface area contributed by atoms with Crippen molar-refractivity contribution < 1.29 is 18.0 Å². The van der Waals surface area contributed by atoms with Crippen LogP contribution in [0.3, 0.4) is 0 Å². The number of likely N-dealkylation sites (tertiary alicyclic amines) is 1. The lowest BCUT2D eigenvalue weighted by Gasteiger charge is -2.34. The molecule has 1 saturated heterocycles. The molecule has 116 valence electrons. The molecule has 3 nitrogen and oxygen atoms in total. The zero-order chi connectivity index (χ0) is 15.5. The summed E-state index contributed by atoms with van der Waals surface area (Å²) >= 11 is 0. The Kier molecular flexibility index (Phi) is 4.88. The Labute approximate surface area is 122 Å². The van der Waals surface area contributed by atoms with Crippen LogP contribution in [0.4, 0.5) is 18.9 Å². The maximum atomic E-state index is 12.8. The van der Waals surface area contributed by atoms with Gasteiger partial charge in [-0.15, -0.1) is 0 Å². The summed E-state index contributed by atoms with van der Waals surface area (Å²) in [4.78, 5) is 14.7. The molecule has 1 atom stereocenters. The predicted molar refractivity (Wildman–Crippen MR) is 75.1 cm³/mol. The molecule has 1 aromatic carbocycles. The molecule has 1 unspecified atom stereocenters. The Hall–Kier alpha value is -1.56. The van der Waals surface area contributed by atoms with Gasteiger partial charge in [0.05, 0.1) is 0 Å². The zero-order valence-corrected chi connectivity index (χ0v) is 11.9. The van der Waals surface area contributed by atoms with Gasteiger partial charge >= 0.3 is 12.1 Å². The molecule has 1 aliphatic heterocycles. The minimum absolute atomic E-state index is 0.0651. The van der Waals surface area contributed by atoms with E-state index in [1.54, 1.807) is 18.2 Å². The highest BCUT2D eigenvalue weighted by Gasteiger charge is 2.43. The summed E-state index contributed by atoms with van der Waals surface area (Å²) in [6.07, 6.45) is -3.06. The van der Waals surface area contributed by atoms with Gasteiger partial charge in [0, 0.05) is 18.8 Å². The van der Waals surface area contributed by atoms with Gasteiger partial charge in [-0.25, -0.2) is 0 Å². The van der Waals surface area contributed by atoms with E-state index in [1.165, 1.54) is 12.1 Å². The second-order valence-electron chi connectivity index (χ2n) is 5.52. The first-order valence-corrected chi connectivity index (χ1v) is 7.00. The SMILES string of the molecule is CN1CCCC(CN(C(=O)C(F)(F)F)c2ccccc2)C1. The van der Waals surface area contributed by atoms with Crippen LogP contribution in [0.15, 0.2) is 30.3 Å². The van der Waals surface area contributed by atoms with Gasteiger partial charge in [0.1, 0.15) is 0 Å². The summed E-state index contributed by atoms with van der Waals surface area (Å²) in [5, 5.41) is 0. The average Bonchev–Trinajstić information content (AvgIpc) is 2.44. The smallest absolute Gasteiger partial charge is 0.306 e. The fraction of sp³-hybridized carbons (Fsp3) is 0.533. The first-order chi connectivity index (χ1) is 9.88. The number of benzene rings is 1. The number of para-hydroxylation sites is 1. The number of rotatable bonds is 3. The average molecular weight is 300 g/mol. The number of alkyl halides is 3. The van der Waals surface area contributed by atoms with E-state index in [2.05, 4.69) is 4.90 Å². The van der Waals surface area contributed by atoms with E-state index < -0.39 is 12.1 Å². The highest BCUT2D eigenvalue weighted by Crippen LogP contribution is 2.26. The number of amides is 1. The highest BCUT2D eigenvalue weighted by molar-refractivity contribution is 5.97. The summed E-state index contributed by atoms with van der Waals surface area (Å²) in [7, 11) is 1.95. The molecule has 0 radical (unpaired) electrons. The fourth-order valence-corrected chi connectivity index (χ4v) is 2.75. The molecule has 0 saturated carbocycles. The van der Waals surface area contributed by atoms with E-state index in [1.807, 2.05) is 7.05 Å². The van der Waals surface area contributed by atoms with Crippen molar-refractivity contribution in [1.82, 2.24) is 4.90 Å². The van der Waals surface area contributed by atoms with Crippen LogP contribution in [0.25, 0.3) is 0 Å². The summed E-state index contributed by atoms with van der Waals surface area (Å²) in [6.45, 7) is 1.77. The fourth-order valence-electron chi connectivity index (χ4n) is 2.75. The topological polar surface area (TPSA) is 23.6 Å². The Morgan fingerprint density at radius 2 is 2.00 bits per heavy atom. The molecule has 1 aromatic rings. The molecule has 0 aromatic heterocycles. The molecule has 6 heteroatoms. The molecule has 21 heavy (non-hydrogen) atoms. The Bertz CT molecular complexity index is 476. The van der Waals surface area contributed by atoms with Gasteiger partial charge in [0.2, 0.25) is 0 Å². The summed E-state index contributed by atoms with van der Waals surface area (Å²) in [5.74, 6) is -1.72. The molecule has 1 heterocycles. The van der Waals surface area contributed by atoms with Crippen LogP contribution in [0, 0.1) is 5.92 Å². The van der Waals surface area contributed by atoms with Crippen molar-refractivity contribution in [2.45, 2.75) is 19.0 Å². The number of piperidine rings is 1. The van der Waals surface area contributed by atoms with Crippen molar-refractivity contribution in [2.75, 3.05) is 31.6 Å². The minimum Gasteiger partial charge on any atom is -0.306 e. The summed E-state index contributed by atoms with van der Waals surface area (Å²) in [6, 6.07) is 8.07. The van der Waals surface area contributed by atoms with Crippen molar-refractivity contribution >= 4 is 11.6 Å². The van der Waals surface area contributed by atoms with Gasteiger partial charge in [-0.3, -0.25) is 4.79 Å². The monoisotopic (exact) mass is 300 g/mol. The molecule has 1 amide bonds. The quantitative estimate of drug-likeness (QED) is 0.857. The maximum absolute atomic E-state index is 12.8. The van der Waals surface area contributed by atoms with Crippen LogP contribution < -0.4 is 4.90 Å². The molecule has 0 N–H and O–H groups in total. The van der Waals surface area contributed by atoms with Crippen molar-refractivity contribution in [3.05, 3.63) is 30.3 Å². The van der Waals surface area contributed by atoms with Gasteiger partial charge in [-0.2, -0.15) is 13.2 Å². The number of halogens is 3. The molecular formula is C15H19F3N2O. The largest absolute Gasteiger partial charge is 0.471 e. The molecule has 0 bridgehead atoms. The Morgan fingerprint density at radius 3 is 2.57 bits per heavy atom. The number of anilines is 1. The van der Waals surface area contributed by atoms with Crippen molar-refractivity contribution in [2.24, 2.45) is 5.92 Å². The van der Waals surface area contributed by atoms with Gasteiger partial charge in [0.25, 0.3) is 0 Å². The van der Waals surface area contributed by atoms with Gasteiger partial charge in [-0.05, 0) is 44.5 Å². The molecule has 0 spiro atoms. The molecule has 0 aliphatic carbocycles. The number of carbonyl (C=O) groups is 1. The van der Waals surface area contributed by atoms with Crippen LogP contribution in [0.5, 0.6) is 0 Å². The van der Waals surface area contributed by atoms with Crippen molar-refractivity contribution in [3.8, 4) is 0 Å². The normalized spacial score (nSPS) is 20.3. The van der Waals surface area contributed by atoms with Crippen molar-refractivity contribution in [1.29, 1.82) is 0 Å². The molecule has 1 fully saturated rings. The maximum Gasteiger partial charge on any atom is 0.471 e. The summed E-state index contributed by atoms with van der Waals surface area (Å²) < 4.78 is 38.4. The van der Waals surface area contributed by atoms with Gasteiger partial charge in [-0.1, -0.05) is 18.2 Å². The van der Waals surface area contributed by atoms with Crippen molar-refractivity contribution in [3.63, 3.8) is 0 Å². The third-order valence-electron chi connectivity index (χ3n) is 3.72. The zero-order valence-electron chi connectivity index (χ0n) is 11.9. The molecular weight excluding hydrogens is 281 g/mol. The standard InChI is InChI=1S/C15H19F3N2O/c1-19-9-5-6-12(10-19)11-20(14(21)15(16,17)18)13-7-3-2-4-8-13/h2-4,7-8,12H,5-6,9-11H2,1H3. The van der Waals surface area contributed by atoms with E-state index in [-0.39, 0.29) is 12.5 Å². The predicted octanol–water partition coefficient (Wildman–Crippen LogP) is 2.92. The summed E-state index contributed by atoms with van der Waals surface area (Å²) in [5.41, 5.74) is 0.299. The number of carbonyl (C=O) groups excluding carboxylic acids is 1. The van der Waals surface area contributed by atoms with E-state index in [0.29, 0.717) is 12.2 Å². The van der Waals surface area contributed by atoms with E-state index >= 15 is 0 Å². The third-order valence-corrected chi connectivity index (χ3v) is 3.72. The van der Waals surface area contributed by atoms with E-state index in [9.17, 15) is 18.0 Å². The number of nitrogens with zero attached hydrogens (tertiary/aromatic N) is 2. The first kappa shape index (κ1) is 15.8. The molecule has 2 rings (SSSR count). The highest BCUT2D eigenvalue weighted by atomic mass is 19.4. The lowest BCUT2D eigenvalue weighted by atomic mass is 9.97. The lowest BCUT2D eigenvalue weighted by Crippen LogP contribution is -2.46. The Morgan fingerprint density at radius 1 is 1.33 bits per heavy atom. The van der Waals surface area contributed by atoms with Crippen LogP contribution >= 0.6 is 0 Å². The van der Waals surface area contributed by atoms with Crippen LogP contribution in [0.1, 0.15) is 12.8 Å². The number of hydrogen-bond acceptors (Lipinski definition) is 2. The van der Waals surface area contributed by atoms with Crippen LogP contribution in [-0.4, -0.2) is 43.7 Å². The van der Waals surface area contributed by atoms with Gasteiger partial charge < -0.3 is 9.80 Å². The minimum atomic E-state index is -4.85. The second-order valence-corrected chi connectivity index (χ2v) is 5.52.